The summed E-state index contributed by atoms with van der Waals surface area (Å²) in [5, 5.41) is 0. The first-order valence-corrected chi connectivity index (χ1v) is 6.16. The zero-order chi connectivity index (χ0) is 14.0. The molecule has 2 amide bonds. The number of primary amides is 1. The van der Waals surface area contributed by atoms with E-state index in [-0.39, 0.29) is 12.5 Å². The molecule has 1 atom stereocenters. The molecule has 1 aromatic rings. The Morgan fingerprint density at radius 3 is 2.79 bits per heavy atom. The molecular formula is C13H17N3O3. The third-order valence-electron chi connectivity index (χ3n) is 3.05. The van der Waals surface area contributed by atoms with Crippen molar-refractivity contribution in [3.63, 3.8) is 0 Å². The normalized spacial score (nSPS) is 17.9. The maximum absolute atomic E-state index is 12.2. The Bertz CT molecular complexity index is 516. The molecule has 0 aromatic heterocycles. The first-order valence-electron chi connectivity index (χ1n) is 6.16. The van der Waals surface area contributed by atoms with E-state index in [9.17, 15) is 9.59 Å². The molecule has 0 aliphatic carbocycles. The van der Waals surface area contributed by atoms with Crippen LogP contribution < -0.4 is 21.1 Å². The molecule has 6 heteroatoms. The van der Waals surface area contributed by atoms with Crippen molar-refractivity contribution >= 4 is 17.5 Å². The van der Waals surface area contributed by atoms with Crippen LogP contribution in [0.1, 0.15) is 18.9 Å². The van der Waals surface area contributed by atoms with Crippen LogP contribution in [0.3, 0.4) is 0 Å². The molecule has 1 aliphatic heterocycles. The zero-order valence-corrected chi connectivity index (χ0v) is 10.8. The summed E-state index contributed by atoms with van der Waals surface area (Å²) in [6, 6.07) is 5.35. The number of carbonyl (C=O) groups is 2. The number of ether oxygens (including phenoxy) is 1. The topological polar surface area (TPSA) is 98.7 Å². The Kier molecular flexibility index (Phi) is 3.71. The largest absolute Gasteiger partial charge is 0.478 e. The molecular weight excluding hydrogens is 246 g/mol. The molecule has 0 spiro atoms. The lowest BCUT2D eigenvalue weighted by Gasteiger charge is -2.33. The molecule has 1 aliphatic rings. The molecule has 19 heavy (non-hydrogen) atoms. The zero-order valence-electron chi connectivity index (χ0n) is 10.8. The van der Waals surface area contributed by atoms with Gasteiger partial charge in [-0.1, -0.05) is 13.0 Å². The summed E-state index contributed by atoms with van der Waals surface area (Å²) in [5.41, 5.74) is 12.2. The minimum absolute atomic E-state index is 0.153. The molecule has 1 heterocycles. The van der Waals surface area contributed by atoms with Gasteiger partial charge in [0.2, 0.25) is 5.91 Å². The monoisotopic (exact) mass is 263 g/mol. The molecule has 102 valence electrons. The molecule has 0 saturated heterocycles. The first kappa shape index (κ1) is 13.4. The fourth-order valence-corrected chi connectivity index (χ4v) is 2.07. The van der Waals surface area contributed by atoms with Crippen LogP contribution in [-0.2, 0) is 16.1 Å². The number of benzene rings is 1. The van der Waals surface area contributed by atoms with Gasteiger partial charge in [0.15, 0.2) is 6.10 Å². The number of carbonyl (C=O) groups excluding carboxylic acids is 2. The van der Waals surface area contributed by atoms with Gasteiger partial charge in [-0.15, -0.1) is 0 Å². The van der Waals surface area contributed by atoms with Crippen molar-refractivity contribution in [3.05, 3.63) is 23.8 Å². The maximum atomic E-state index is 12.2. The van der Waals surface area contributed by atoms with Crippen molar-refractivity contribution in [3.8, 4) is 5.75 Å². The standard InChI is InChI=1S/C13H17N3O3/c1-2-10-13(18)16(7-12(15)17)9-5-8(6-14)3-4-11(9)19-10/h3-5,10H,2,6-7,14H2,1H3,(H2,15,17). The first-order chi connectivity index (χ1) is 9.06. The van der Waals surface area contributed by atoms with Gasteiger partial charge in [0, 0.05) is 6.54 Å². The number of anilines is 1. The SMILES string of the molecule is CCC1Oc2ccc(CN)cc2N(CC(N)=O)C1=O. The minimum Gasteiger partial charge on any atom is -0.478 e. The summed E-state index contributed by atoms with van der Waals surface area (Å²) in [7, 11) is 0. The second-order valence-electron chi connectivity index (χ2n) is 4.41. The van der Waals surface area contributed by atoms with Crippen LogP contribution in [-0.4, -0.2) is 24.5 Å². The van der Waals surface area contributed by atoms with Gasteiger partial charge >= 0.3 is 0 Å². The van der Waals surface area contributed by atoms with Crippen LogP contribution in [0.25, 0.3) is 0 Å². The van der Waals surface area contributed by atoms with Crippen LogP contribution in [0.5, 0.6) is 5.75 Å². The van der Waals surface area contributed by atoms with E-state index in [1.807, 2.05) is 13.0 Å². The molecule has 4 N–H and O–H groups in total. The third-order valence-corrected chi connectivity index (χ3v) is 3.05. The summed E-state index contributed by atoms with van der Waals surface area (Å²) in [6.45, 7) is 2.05. The Hall–Kier alpha value is -2.08. The Labute approximate surface area is 111 Å². The van der Waals surface area contributed by atoms with E-state index >= 15 is 0 Å². The average molecular weight is 263 g/mol. The van der Waals surface area contributed by atoms with Gasteiger partial charge in [0.05, 0.1) is 5.69 Å². The number of nitrogens with two attached hydrogens (primary N) is 2. The van der Waals surface area contributed by atoms with Gasteiger partial charge in [-0.3, -0.25) is 14.5 Å². The maximum Gasteiger partial charge on any atom is 0.268 e. The summed E-state index contributed by atoms with van der Waals surface area (Å²) in [5.74, 6) is -0.234. The quantitative estimate of drug-likeness (QED) is 0.806. The fraction of sp³-hybridized carbons (Fsp3) is 0.385. The highest BCUT2D eigenvalue weighted by Crippen LogP contribution is 2.35. The van der Waals surface area contributed by atoms with E-state index < -0.39 is 12.0 Å². The van der Waals surface area contributed by atoms with E-state index in [0.29, 0.717) is 24.4 Å². The lowest BCUT2D eigenvalue weighted by Crippen LogP contribution is -2.48. The van der Waals surface area contributed by atoms with Crippen molar-refractivity contribution in [1.82, 2.24) is 0 Å². The summed E-state index contributed by atoms with van der Waals surface area (Å²) >= 11 is 0. The smallest absolute Gasteiger partial charge is 0.268 e. The number of amides is 2. The summed E-state index contributed by atoms with van der Waals surface area (Å²) in [4.78, 5) is 24.7. The van der Waals surface area contributed by atoms with Gasteiger partial charge in [-0.25, -0.2) is 0 Å². The summed E-state index contributed by atoms with van der Waals surface area (Å²) < 4.78 is 5.62. The number of hydrogen-bond acceptors (Lipinski definition) is 4. The molecule has 1 unspecified atom stereocenters. The van der Waals surface area contributed by atoms with E-state index in [4.69, 9.17) is 16.2 Å². The van der Waals surface area contributed by atoms with Gasteiger partial charge in [-0.2, -0.15) is 0 Å². The molecule has 0 saturated carbocycles. The van der Waals surface area contributed by atoms with Crippen molar-refractivity contribution < 1.29 is 14.3 Å². The lowest BCUT2D eigenvalue weighted by atomic mass is 10.1. The Morgan fingerprint density at radius 1 is 1.47 bits per heavy atom. The fourth-order valence-electron chi connectivity index (χ4n) is 2.07. The highest BCUT2D eigenvalue weighted by Gasteiger charge is 2.34. The van der Waals surface area contributed by atoms with Crippen molar-refractivity contribution in [1.29, 1.82) is 0 Å². The van der Waals surface area contributed by atoms with Gasteiger partial charge in [0.25, 0.3) is 5.91 Å². The van der Waals surface area contributed by atoms with E-state index in [1.165, 1.54) is 4.90 Å². The van der Waals surface area contributed by atoms with E-state index in [1.54, 1.807) is 12.1 Å². The molecule has 6 nitrogen and oxygen atoms in total. The number of fused-ring (bicyclic) bond motifs is 1. The van der Waals surface area contributed by atoms with Crippen LogP contribution in [0, 0.1) is 0 Å². The molecule has 1 aromatic carbocycles. The van der Waals surface area contributed by atoms with Gasteiger partial charge in [0.1, 0.15) is 12.3 Å². The van der Waals surface area contributed by atoms with Crippen LogP contribution in [0.2, 0.25) is 0 Å². The highest BCUT2D eigenvalue weighted by atomic mass is 16.5. The second kappa shape index (κ2) is 5.27. The second-order valence-corrected chi connectivity index (χ2v) is 4.41. The highest BCUT2D eigenvalue weighted by molar-refractivity contribution is 6.03. The van der Waals surface area contributed by atoms with Crippen LogP contribution in [0.4, 0.5) is 5.69 Å². The van der Waals surface area contributed by atoms with Crippen molar-refractivity contribution in [2.45, 2.75) is 26.0 Å². The van der Waals surface area contributed by atoms with Gasteiger partial charge in [-0.05, 0) is 24.1 Å². The number of rotatable bonds is 4. The minimum atomic E-state index is -0.574. The van der Waals surface area contributed by atoms with Crippen LogP contribution >= 0.6 is 0 Å². The van der Waals surface area contributed by atoms with Crippen molar-refractivity contribution in [2.75, 3.05) is 11.4 Å². The number of hydrogen-bond donors (Lipinski definition) is 2. The molecule has 0 bridgehead atoms. The van der Waals surface area contributed by atoms with E-state index in [0.717, 1.165) is 5.56 Å². The Balaban J connectivity index is 2.45. The average Bonchev–Trinajstić information content (AvgIpc) is 2.40. The predicted molar refractivity (Wildman–Crippen MR) is 70.6 cm³/mol. The number of nitrogens with zero attached hydrogens (tertiary/aromatic N) is 1. The Morgan fingerprint density at radius 2 is 2.21 bits per heavy atom. The van der Waals surface area contributed by atoms with Crippen molar-refractivity contribution in [2.24, 2.45) is 11.5 Å². The predicted octanol–water partition coefficient (Wildman–Crippen LogP) is 0.135. The molecule has 0 radical (unpaired) electrons. The van der Waals surface area contributed by atoms with Gasteiger partial charge < -0.3 is 16.2 Å². The third kappa shape index (κ3) is 2.53. The molecule has 2 rings (SSSR count). The van der Waals surface area contributed by atoms with Crippen LogP contribution in [0.15, 0.2) is 18.2 Å². The van der Waals surface area contributed by atoms with E-state index in [2.05, 4.69) is 0 Å². The summed E-state index contributed by atoms with van der Waals surface area (Å²) in [6.07, 6.45) is -0.0396. The molecule has 0 fully saturated rings. The lowest BCUT2D eigenvalue weighted by molar-refractivity contribution is -0.128.